The minimum absolute atomic E-state index is 0.731. The zero-order valence-corrected chi connectivity index (χ0v) is 9.58. The summed E-state index contributed by atoms with van der Waals surface area (Å²) >= 11 is 5.73. The highest BCUT2D eigenvalue weighted by atomic mass is 35.5. The van der Waals surface area contributed by atoms with E-state index in [-0.39, 0.29) is 0 Å². The first-order valence-corrected chi connectivity index (χ1v) is 5.96. The van der Waals surface area contributed by atoms with E-state index in [1.807, 2.05) is 0 Å². The maximum absolute atomic E-state index is 5.73. The maximum Gasteiger partial charge on any atom is 0.0351 e. The molecule has 0 spiro atoms. The lowest BCUT2D eigenvalue weighted by Gasteiger charge is -2.25. The molecule has 0 N–H and O–H groups in total. The van der Waals surface area contributed by atoms with Crippen molar-refractivity contribution < 1.29 is 0 Å². The lowest BCUT2D eigenvalue weighted by atomic mass is 10.00. The molecule has 1 aliphatic rings. The van der Waals surface area contributed by atoms with Crippen molar-refractivity contribution >= 4 is 17.2 Å². The van der Waals surface area contributed by atoms with E-state index in [0.717, 1.165) is 31.9 Å². The largest absolute Gasteiger partial charge is 0.298 e. The lowest BCUT2D eigenvalue weighted by molar-refractivity contribution is 0.320. The molecule has 2 heteroatoms. The monoisotopic (exact) mass is 221 g/mol. The molecule has 1 aromatic carbocycles. The van der Waals surface area contributed by atoms with Gasteiger partial charge in [0.2, 0.25) is 0 Å². The third-order valence-electron chi connectivity index (χ3n) is 2.84. The van der Waals surface area contributed by atoms with E-state index >= 15 is 0 Å². The fourth-order valence-electron chi connectivity index (χ4n) is 1.95. The van der Waals surface area contributed by atoms with E-state index in [4.69, 9.17) is 11.6 Å². The quantitative estimate of drug-likeness (QED) is 0.710. The van der Waals surface area contributed by atoms with E-state index < -0.39 is 0 Å². The van der Waals surface area contributed by atoms with Crippen LogP contribution in [0.3, 0.4) is 0 Å². The highest BCUT2D eigenvalue weighted by Gasteiger charge is 2.11. The first-order chi connectivity index (χ1) is 7.40. The van der Waals surface area contributed by atoms with Crippen LogP contribution in [0.2, 0.25) is 0 Å². The summed E-state index contributed by atoms with van der Waals surface area (Å²) in [6.07, 6.45) is 3.46. The second kappa shape index (κ2) is 5.34. The first kappa shape index (κ1) is 10.7. The van der Waals surface area contributed by atoms with Crippen molar-refractivity contribution in [3.63, 3.8) is 0 Å². The standard InChI is InChI=1S/C13H16ClN/c14-8-11-15-9-6-13(7-10-15)12-4-2-1-3-5-12/h1-6H,7-11H2. The summed E-state index contributed by atoms with van der Waals surface area (Å²) in [6.45, 7) is 3.17. The molecule has 80 valence electrons. The predicted molar refractivity (Wildman–Crippen MR) is 66.2 cm³/mol. The average molecular weight is 222 g/mol. The topological polar surface area (TPSA) is 3.24 Å². The molecule has 0 aliphatic carbocycles. The Bertz CT molecular complexity index is 332. The van der Waals surface area contributed by atoms with Crippen LogP contribution in [-0.2, 0) is 0 Å². The minimum Gasteiger partial charge on any atom is -0.298 e. The van der Waals surface area contributed by atoms with E-state index in [0.29, 0.717) is 0 Å². The highest BCUT2D eigenvalue weighted by Crippen LogP contribution is 2.21. The van der Waals surface area contributed by atoms with Crippen LogP contribution in [0, 0.1) is 0 Å². The number of nitrogens with zero attached hydrogens (tertiary/aromatic N) is 1. The molecule has 1 heterocycles. The molecule has 0 saturated heterocycles. The molecule has 0 saturated carbocycles. The average Bonchev–Trinajstić information content (AvgIpc) is 2.32. The van der Waals surface area contributed by atoms with Gasteiger partial charge < -0.3 is 0 Å². The molecule has 1 aromatic rings. The van der Waals surface area contributed by atoms with Crippen molar-refractivity contribution in [2.24, 2.45) is 0 Å². The number of alkyl halides is 1. The van der Waals surface area contributed by atoms with Crippen molar-refractivity contribution in [1.29, 1.82) is 0 Å². The Morgan fingerprint density at radius 3 is 2.60 bits per heavy atom. The van der Waals surface area contributed by atoms with Gasteiger partial charge in [-0.05, 0) is 17.6 Å². The first-order valence-electron chi connectivity index (χ1n) is 5.43. The van der Waals surface area contributed by atoms with E-state index in [2.05, 4.69) is 41.3 Å². The molecule has 0 aromatic heterocycles. The fourth-order valence-corrected chi connectivity index (χ4v) is 2.19. The summed E-state index contributed by atoms with van der Waals surface area (Å²) < 4.78 is 0. The van der Waals surface area contributed by atoms with Gasteiger partial charge in [-0.2, -0.15) is 0 Å². The molecule has 1 nitrogen and oxygen atoms in total. The second-order valence-corrected chi connectivity index (χ2v) is 4.21. The van der Waals surface area contributed by atoms with E-state index in [9.17, 15) is 0 Å². The zero-order valence-electron chi connectivity index (χ0n) is 8.82. The Morgan fingerprint density at radius 1 is 1.20 bits per heavy atom. The van der Waals surface area contributed by atoms with Crippen molar-refractivity contribution in [2.75, 3.05) is 25.5 Å². The zero-order chi connectivity index (χ0) is 10.5. The summed E-state index contributed by atoms with van der Waals surface area (Å²) in [6, 6.07) is 10.6. The van der Waals surface area contributed by atoms with Crippen molar-refractivity contribution in [1.82, 2.24) is 4.90 Å². The lowest BCUT2D eigenvalue weighted by Crippen LogP contribution is -2.30. The normalized spacial score (nSPS) is 17.5. The Kier molecular flexibility index (Phi) is 3.81. The van der Waals surface area contributed by atoms with E-state index in [1.54, 1.807) is 0 Å². The SMILES string of the molecule is ClCCN1CC=C(c2ccccc2)CC1. The van der Waals surface area contributed by atoms with Crippen LogP contribution in [-0.4, -0.2) is 30.4 Å². The van der Waals surface area contributed by atoms with Crippen LogP contribution in [0.1, 0.15) is 12.0 Å². The molecule has 0 radical (unpaired) electrons. The Morgan fingerprint density at radius 2 is 2.00 bits per heavy atom. The highest BCUT2D eigenvalue weighted by molar-refractivity contribution is 6.18. The molecule has 1 aliphatic heterocycles. The molecular weight excluding hydrogens is 206 g/mol. The van der Waals surface area contributed by atoms with Gasteiger partial charge >= 0.3 is 0 Å². The number of hydrogen-bond donors (Lipinski definition) is 0. The summed E-state index contributed by atoms with van der Waals surface area (Å²) in [7, 11) is 0. The molecule has 15 heavy (non-hydrogen) atoms. The fraction of sp³-hybridized carbons (Fsp3) is 0.385. The Hall–Kier alpha value is -0.790. The molecule has 0 amide bonds. The molecular formula is C13H16ClN. The van der Waals surface area contributed by atoms with Gasteiger partial charge in [-0.3, -0.25) is 4.90 Å². The van der Waals surface area contributed by atoms with Gasteiger partial charge in [0.1, 0.15) is 0 Å². The van der Waals surface area contributed by atoms with Crippen LogP contribution in [0.15, 0.2) is 36.4 Å². The second-order valence-electron chi connectivity index (χ2n) is 3.83. The Balaban J connectivity index is 2.02. The van der Waals surface area contributed by atoms with E-state index in [1.165, 1.54) is 11.1 Å². The third-order valence-corrected chi connectivity index (χ3v) is 3.01. The van der Waals surface area contributed by atoms with Crippen molar-refractivity contribution in [3.05, 3.63) is 42.0 Å². The van der Waals surface area contributed by atoms with Gasteiger partial charge in [-0.15, -0.1) is 11.6 Å². The molecule has 0 bridgehead atoms. The minimum atomic E-state index is 0.731. The summed E-state index contributed by atoms with van der Waals surface area (Å²) in [5, 5.41) is 0. The molecule has 0 unspecified atom stereocenters. The van der Waals surface area contributed by atoms with Crippen LogP contribution in [0.5, 0.6) is 0 Å². The van der Waals surface area contributed by atoms with Gasteiger partial charge in [0, 0.05) is 25.5 Å². The predicted octanol–water partition coefficient (Wildman–Crippen LogP) is 3.01. The van der Waals surface area contributed by atoms with Crippen LogP contribution < -0.4 is 0 Å². The summed E-state index contributed by atoms with van der Waals surface area (Å²) in [5.74, 6) is 0.731. The number of hydrogen-bond acceptors (Lipinski definition) is 1. The van der Waals surface area contributed by atoms with Crippen LogP contribution in [0.25, 0.3) is 5.57 Å². The number of benzene rings is 1. The third kappa shape index (κ3) is 2.83. The Labute approximate surface area is 96.4 Å². The van der Waals surface area contributed by atoms with Crippen LogP contribution >= 0.6 is 11.6 Å². The molecule has 2 rings (SSSR count). The molecule has 0 atom stereocenters. The summed E-state index contributed by atoms with van der Waals surface area (Å²) in [4.78, 5) is 2.39. The van der Waals surface area contributed by atoms with Gasteiger partial charge in [-0.1, -0.05) is 36.4 Å². The van der Waals surface area contributed by atoms with Crippen molar-refractivity contribution in [2.45, 2.75) is 6.42 Å². The van der Waals surface area contributed by atoms with Gasteiger partial charge in [0.15, 0.2) is 0 Å². The maximum atomic E-state index is 5.73. The van der Waals surface area contributed by atoms with Gasteiger partial charge in [-0.25, -0.2) is 0 Å². The number of rotatable bonds is 3. The molecule has 0 fully saturated rings. The summed E-state index contributed by atoms with van der Waals surface area (Å²) in [5.41, 5.74) is 2.84. The van der Waals surface area contributed by atoms with Gasteiger partial charge in [0.25, 0.3) is 0 Å². The van der Waals surface area contributed by atoms with Crippen molar-refractivity contribution in [3.8, 4) is 0 Å². The smallest absolute Gasteiger partial charge is 0.0351 e. The van der Waals surface area contributed by atoms with Gasteiger partial charge in [0.05, 0.1) is 0 Å². The van der Waals surface area contributed by atoms with Crippen LogP contribution in [0.4, 0.5) is 0 Å². The number of halogens is 1.